The van der Waals surface area contributed by atoms with E-state index in [9.17, 15) is 9.59 Å². The minimum atomic E-state index is -0.568. The SMILES string of the molecule is CCCCCCCCc1oc(=O)c(C(=O)OCC)c(C)c1CCCCC. The van der Waals surface area contributed by atoms with Gasteiger partial charge in [0.05, 0.1) is 6.61 Å². The lowest BCUT2D eigenvalue weighted by Crippen LogP contribution is -2.21. The van der Waals surface area contributed by atoms with Crippen LogP contribution in [0, 0.1) is 6.92 Å². The van der Waals surface area contributed by atoms with Gasteiger partial charge in [-0.3, -0.25) is 0 Å². The molecule has 0 radical (unpaired) electrons. The minimum absolute atomic E-state index is 0.0741. The summed E-state index contributed by atoms with van der Waals surface area (Å²) in [5.41, 5.74) is 1.30. The van der Waals surface area contributed by atoms with Crippen LogP contribution >= 0.6 is 0 Å². The fourth-order valence-corrected chi connectivity index (χ4v) is 3.32. The van der Waals surface area contributed by atoms with E-state index in [1.807, 2.05) is 6.92 Å². The zero-order valence-corrected chi connectivity index (χ0v) is 17.1. The lowest BCUT2D eigenvalue weighted by atomic mass is 9.96. The zero-order valence-electron chi connectivity index (χ0n) is 17.1. The molecule has 0 bridgehead atoms. The van der Waals surface area contributed by atoms with Crippen LogP contribution < -0.4 is 5.63 Å². The lowest BCUT2D eigenvalue weighted by molar-refractivity contribution is 0.0519. The van der Waals surface area contributed by atoms with Crippen molar-refractivity contribution in [1.29, 1.82) is 0 Å². The average molecular weight is 365 g/mol. The van der Waals surface area contributed by atoms with Gasteiger partial charge in [-0.25, -0.2) is 9.59 Å². The Morgan fingerprint density at radius 3 is 2.12 bits per heavy atom. The van der Waals surface area contributed by atoms with Crippen LogP contribution in [-0.4, -0.2) is 12.6 Å². The molecule has 0 aliphatic rings. The standard InChI is InChI=1S/C22H36O4/c1-5-8-10-11-12-14-16-19-18(15-13-9-6-2)17(4)20(22(24)26-19)21(23)25-7-3/h5-16H2,1-4H3. The molecular formula is C22H36O4. The van der Waals surface area contributed by atoms with E-state index in [1.54, 1.807) is 6.92 Å². The first kappa shape index (κ1) is 22.5. The lowest BCUT2D eigenvalue weighted by Gasteiger charge is -2.14. The second-order valence-corrected chi connectivity index (χ2v) is 6.99. The number of unbranched alkanes of at least 4 members (excludes halogenated alkanes) is 7. The maximum atomic E-state index is 12.4. The number of esters is 1. The van der Waals surface area contributed by atoms with Gasteiger partial charge in [-0.15, -0.1) is 0 Å². The van der Waals surface area contributed by atoms with E-state index < -0.39 is 11.6 Å². The van der Waals surface area contributed by atoms with E-state index in [1.165, 1.54) is 25.7 Å². The summed E-state index contributed by atoms with van der Waals surface area (Å²) in [6.45, 7) is 8.23. The molecule has 0 atom stereocenters. The molecule has 26 heavy (non-hydrogen) atoms. The first-order chi connectivity index (χ1) is 12.6. The predicted octanol–water partition coefficient (Wildman–Crippen LogP) is 5.76. The molecule has 4 heteroatoms. The van der Waals surface area contributed by atoms with E-state index in [-0.39, 0.29) is 12.2 Å². The summed E-state index contributed by atoms with van der Waals surface area (Å²) in [6, 6.07) is 0. The fraction of sp³-hybridized carbons (Fsp3) is 0.727. The number of aryl methyl sites for hydroxylation is 1. The second-order valence-electron chi connectivity index (χ2n) is 6.99. The smallest absolute Gasteiger partial charge is 0.350 e. The second kappa shape index (κ2) is 12.7. The molecule has 0 fully saturated rings. The Bertz CT molecular complexity index is 601. The van der Waals surface area contributed by atoms with E-state index in [0.717, 1.165) is 61.8 Å². The molecule has 1 aromatic heterocycles. The topological polar surface area (TPSA) is 56.5 Å². The number of hydrogen-bond acceptors (Lipinski definition) is 4. The Morgan fingerprint density at radius 1 is 0.885 bits per heavy atom. The van der Waals surface area contributed by atoms with Gasteiger partial charge in [0, 0.05) is 6.42 Å². The van der Waals surface area contributed by atoms with Crippen LogP contribution in [0.4, 0.5) is 0 Å². The molecule has 1 rings (SSSR count). The number of carbonyl (C=O) groups is 1. The molecule has 0 amide bonds. The fourth-order valence-electron chi connectivity index (χ4n) is 3.32. The van der Waals surface area contributed by atoms with Gasteiger partial charge in [-0.2, -0.15) is 0 Å². The van der Waals surface area contributed by atoms with Gasteiger partial charge in [0.1, 0.15) is 11.3 Å². The van der Waals surface area contributed by atoms with Crippen molar-refractivity contribution < 1.29 is 13.9 Å². The van der Waals surface area contributed by atoms with Crippen LogP contribution in [0.15, 0.2) is 9.21 Å². The predicted molar refractivity (Wildman–Crippen MR) is 106 cm³/mol. The Balaban J connectivity index is 2.95. The largest absolute Gasteiger partial charge is 0.462 e. The third-order valence-corrected chi connectivity index (χ3v) is 4.85. The van der Waals surface area contributed by atoms with Crippen molar-refractivity contribution in [2.75, 3.05) is 6.61 Å². The molecule has 0 aliphatic heterocycles. The monoisotopic (exact) mass is 364 g/mol. The first-order valence-electron chi connectivity index (χ1n) is 10.4. The summed E-state index contributed by atoms with van der Waals surface area (Å²) in [7, 11) is 0. The van der Waals surface area contributed by atoms with Gasteiger partial charge < -0.3 is 9.15 Å². The maximum Gasteiger partial charge on any atom is 0.350 e. The quantitative estimate of drug-likeness (QED) is 0.330. The number of carbonyl (C=O) groups excluding carboxylic acids is 1. The van der Waals surface area contributed by atoms with Crippen molar-refractivity contribution in [3.05, 3.63) is 32.9 Å². The molecule has 0 aromatic carbocycles. The molecule has 0 unspecified atom stereocenters. The molecule has 4 nitrogen and oxygen atoms in total. The molecule has 0 aliphatic carbocycles. The first-order valence-corrected chi connectivity index (χ1v) is 10.4. The van der Waals surface area contributed by atoms with Crippen LogP contribution in [0.25, 0.3) is 0 Å². The number of ether oxygens (including phenoxy) is 1. The molecule has 0 N–H and O–H groups in total. The van der Waals surface area contributed by atoms with Crippen molar-refractivity contribution >= 4 is 5.97 Å². The summed E-state index contributed by atoms with van der Waals surface area (Å²) in [6.07, 6.45) is 12.1. The van der Waals surface area contributed by atoms with Crippen molar-refractivity contribution in [2.24, 2.45) is 0 Å². The Hall–Kier alpha value is -1.58. The van der Waals surface area contributed by atoms with Gasteiger partial charge in [-0.1, -0.05) is 58.8 Å². The van der Waals surface area contributed by atoms with Gasteiger partial charge >= 0.3 is 11.6 Å². The van der Waals surface area contributed by atoms with E-state index in [0.29, 0.717) is 0 Å². The summed E-state index contributed by atoms with van der Waals surface area (Å²) >= 11 is 0. The highest BCUT2D eigenvalue weighted by Gasteiger charge is 2.22. The average Bonchev–Trinajstić information content (AvgIpc) is 2.60. The normalized spacial score (nSPS) is 10.9. The Morgan fingerprint density at radius 2 is 1.46 bits per heavy atom. The van der Waals surface area contributed by atoms with Gasteiger partial charge in [0.15, 0.2) is 0 Å². The molecule has 0 spiro atoms. The minimum Gasteiger partial charge on any atom is -0.462 e. The van der Waals surface area contributed by atoms with E-state index >= 15 is 0 Å². The third kappa shape index (κ3) is 6.97. The molecule has 1 aromatic rings. The Kier molecular flexibility index (Phi) is 11.0. The van der Waals surface area contributed by atoms with Crippen molar-refractivity contribution in [1.82, 2.24) is 0 Å². The molecular weight excluding hydrogens is 328 g/mol. The van der Waals surface area contributed by atoms with E-state index in [4.69, 9.17) is 9.15 Å². The van der Waals surface area contributed by atoms with Crippen LogP contribution in [0.3, 0.4) is 0 Å². The van der Waals surface area contributed by atoms with Crippen LogP contribution in [0.2, 0.25) is 0 Å². The summed E-state index contributed by atoms with van der Waals surface area (Å²) < 4.78 is 10.6. The number of rotatable bonds is 13. The summed E-state index contributed by atoms with van der Waals surface area (Å²) in [5.74, 6) is 0.203. The van der Waals surface area contributed by atoms with Crippen molar-refractivity contribution in [2.45, 2.75) is 98.3 Å². The van der Waals surface area contributed by atoms with Gasteiger partial charge in [0.2, 0.25) is 0 Å². The summed E-state index contributed by atoms with van der Waals surface area (Å²) in [4.78, 5) is 24.5. The number of hydrogen-bond donors (Lipinski definition) is 0. The van der Waals surface area contributed by atoms with Crippen LogP contribution in [0.1, 0.15) is 106 Å². The maximum absolute atomic E-state index is 12.4. The highest BCUT2D eigenvalue weighted by molar-refractivity contribution is 5.90. The highest BCUT2D eigenvalue weighted by Crippen LogP contribution is 2.22. The summed E-state index contributed by atoms with van der Waals surface area (Å²) in [5, 5.41) is 0. The Labute approximate surface area is 158 Å². The van der Waals surface area contributed by atoms with Gasteiger partial charge in [0.25, 0.3) is 0 Å². The van der Waals surface area contributed by atoms with Crippen molar-refractivity contribution in [3.63, 3.8) is 0 Å². The molecule has 0 saturated carbocycles. The third-order valence-electron chi connectivity index (χ3n) is 4.85. The molecule has 0 saturated heterocycles. The van der Waals surface area contributed by atoms with E-state index in [2.05, 4.69) is 13.8 Å². The van der Waals surface area contributed by atoms with Crippen LogP contribution in [-0.2, 0) is 17.6 Å². The zero-order chi connectivity index (χ0) is 19.4. The van der Waals surface area contributed by atoms with Crippen LogP contribution in [0.5, 0.6) is 0 Å². The van der Waals surface area contributed by atoms with Crippen molar-refractivity contribution in [3.8, 4) is 0 Å². The molecule has 148 valence electrons. The molecule has 1 heterocycles. The highest BCUT2D eigenvalue weighted by atomic mass is 16.5. The van der Waals surface area contributed by atoms with Gasteiger partial charge in [-0.05, 0) is 44.2 Å².